The number of piperidine rings is 1. The number of carbonyl (C=O) groups excluding carboxylic acids is 6. The monoisotopic (exact) mass is 1080 g/mol. The Hall–Kier alpha value is -7.63. The molecular formula is C60H61N9O9S. The quantitative estimate of drug-likeness (QED) is 0.0444. The van der Waals surface area contributed by atoms with E-state index in [1.54, 1.807) is 12.1 Å². The summed E-state index contributed by atoms with van der Waals surface area (Å²) in [5.74, 6) is 6.05. The van der Waals surface area contributed by atoms with Gasteiger partial charge < -0.3 is 24.4 Å². The van der Waals surface area contributed by atoms with Gasteiger partial charge in [-0.15, -0.1) is 0 Å². The molecule has 3 aliphatic heterocycles. The van der Waals surface area contributed by atoms with E-state index in [1.165, 1.54) is 55.9 Å². The fourth-order valence-electron chi connectivity index (χ4n) is 13.4. The molecule has 4 aliphatic carbocycles. The van der Waals surface area contributed by atoms with Crippen LogP contribution in [0.1, 0.15) is 115 Å². The number of thiazole rings is 1. The molecule has 0 spiro atoms. The lowest BCUT2D eigenvalue weighted by Gasteiger charge is -2.56. The van der Waals surface area contributed by atoms with Gasteiger partial charge in [-0.2, -0.15) is 5.10 Å². The second-order valence-electron chi connectivity index (χ2n) is 21.9. The summed E-state index contributed by atoms with van der Waals surface area (Å²) in [4.78, 5) is 91.7. The zero-order valence-electron chi connectivity index (χ0n) is 44.0. The van der Waals surface area contributed by atoms with Gasteiger partial charge in [0.2, 0.25) is 11.8 Å². The SMILES string of the molecule is Cc1c(-c2ccc(N3CCc4cccc(C(=O)Nc5nc6ccccc6s5)c4C3)nc2C(=O)NCCOCCOCCOCC#Cc2cccc3c2C(=O)N(C2CCC(=O)NC2=O)C3=O)cnn1CC12CC3CC(CC(C3)C1)C2. The minimum atomic E-state index is -1.06. The van der Waals surface area contributed by atoms with Crippen LogP contribution in [-0.2, 0) is 43.3 Å². The van der Waals surface area contributed by atoms with Crippen LogP contribution in [0.15, 0.2) is 79.0 Å². The summed E-state index contributed by atoms with van der Waals surface area (Å²) < 4.78 is 20.3. The second-order valence-corrected chi connectivity index (χ2v) is 22.9. The highest BCUT2D eigenvalue weighted by atomic mass is 32.1. The molecule has 406 valence electrons. The Morgan fingerprint density at radius 2 is 1.56 bits per heavy atom. The van der Waals surface area contributed by atoms with Gasteiger partial charge in [0, 0.05) is 60.5 Å². The van der Waals surface area contributed by atoms with E-state index in [9.17, 15) is 28.8 Å². The average Bonchev–Trinajstić information content (AvgIpc) is 4.35. The number of carbonyl (C=O) groups is 6. The van der Waals surface area contributed by atoms with Crippen molar-refractivity contribution in [3.8, 4) is 23.0 Å². The highest BCUT2D eigenvalue weighted by Crippen LogP contribution is 2.60. The zero-order valence-corrected chi connectivity index (χ0v) is 44.8. The number of benzene rings is 3. The van der Waals surface area contributed by atoms with Crippen LogP contribution in [0.4, 0.5) is 10.9 Å². The van der Waals surface area contributed by atoms with Gasteiger partial charge in [-0.1, -0.05) is 53.5 Å². The van der Waals surface area contributed by atoms with Crippen molar-refractivity contribution in [1.82, 2.24) is 35.3 Å². The predicted molar refractivity (Wildman–Crippen MR) is 294 cm³/mol. The van der Waals surface area contributed by atoms with Gasteiger partial charge in [-0.3, -0.25) is 49.0 Å². The first-order valence-electron chi connectivity index (χ1n) is 27.4. The van der Waals surface area contributed by atoms with Crippen LogP contribution in [0, 0.1) is 41.9 Å². The molecule has 19 heteroatoms. The molecule has 0 radical (unpaired) electrons. The van der Waals surface area contributed by atoms with Crippen LogP contribution in [0.2, 0.25) is 0 Å². The highest BCUT2D eigenvalue weighted by Gasteiger charge is 2.51. The van der Waals surface area contributed by atoms with Gasteiger partial charge in [-0.25, -0.2) is 9.97 Å². The maximum Gasteiger partial charge on any atom is 0.270 e. The summed E-state index contributed by atoms with van der Waals surface area (Å²) >= 11 is 1.44. The van der Waals surface area contributed by atoms with E-state index in [4.69, 9.17) is 24.3 Å². The molecule has 3 aromatic heterocycles. The Morgan fingerprint density at radius 1 is 0.797 bits per heavy atom. The molecule has 7 aliphatic rings. The van der Waals surface area contributed by atoms with Gasteiger partial charge in [0.05, 0.1) is 60.6 Å². The lowest BCUT2D eigenvalue weighted by atomic mass is 9.49. The summed E-state index contributed by atoms with van der Waals surface area (Å²) in [5, 5.41) is 13.8. The Balaban J connectivity index is 0.655. The number of ether oxygens (including phenoxy) is 3. The van der Waals surface area contributed by atoms with Crippen molar-refractivity contribution in [2.45, 2.75) is 83.8 Å². The van der Waals surface area contributed by atoms with Crippen LogP contribution in [0.3, 0.4) is 0 Å². The van der Waals surface area contributed by atoms with Crippen LogP contribution < -0.4 is 20.9 Å². The molecule has 6 aromatic rings. The first-order chi connectivity index (χ1) is 38.5. The molecule has 6 heterocycles. The van der Waals surface area contributed by atoms with Crippen molar-refractivity contribution in [2.75, 3.05) is 62.9 Å². The summed E-state index contributed by atoms with van der Waals surface area (Å²) in [5.41, 5.74) is 7.25. The van der Waals surface area contributed by atoms with Crippen LogP contribution >= 0.6 is 11.3 Å². The molecule has 1 atom stereocenters. The number of para-hydroxylation sites is 1. The molecule has 1 unspecified atom stereocenters. The molecule has 18 nitrogen and oxygen atoms in total. The maximum absolute atomic E-state index is 14.4. The number of nitrogens with zero attached hydrogens (tertiary/aromatic N) is 6. The van der Waals surface area contributed by atoms with E-state index >= 15 is 0 Å². The molecule has 3 aromatic carbocycles. The molecule has 1 saturated heterocycles. The average molecular weight is 1080 g/mol. The molecule has 4 saturated carbocycles. The third-order valence-electron chi connectivity index (χ3n) is 16.6. The Kier molecular flexibility index (Phi) is 14.7. The van der Waals surface area contributed by atoms with Crippen molar-refractivity contribution in [1.29, 1.82) is 0 Å². The minimum Gasteiger partial charge on any atom is -0.377 e. The second kappa shape index (κ2) is 22.2. The highest BCUT2D eigenvalue weighted by molar-refractivity contribution is 7.22. The standard InChI is InChI=1S/C60H61N9O9S/c1-36-45(33-62-68(36)35-60-30-37-27-38(31-60)29-39(28-37)32-60)42-14-16-50(67-20-18-40-7-4-10-43(46(40)34-67)54(71)66-59-63-47-12-2-3-13-49(47)79-59)64-53(42)56(73)61-19-22-77-24-26-78-25-23-76-21-6-9-41-8-5-11-44-52(41)58(75)69(57(44)74)48-15-17-51(70)65-55(48)72/h2-5,7-8,10-14,16,33,37-39,48H,15,17-32,34-35H2,1H3,(H,61,73)(H,63,66,71)(H,65,70,72). The number of rotatable bonds is 18. The van der Waals surface area contributed by atoms with Crippen molar-refractivity contribution in [2.24, 2.45) is 23.2 Å². The van der Waals surface area contributed by atoms with Crippen molar-refractivity contribution in [3.05, 3.63) is 124 Å². The van der Waals surface area contributed by atoms with E-state index in [1.807, 2.05) is 54.7 Å². The summed E-state index contributed by atoms with van der Waals surface area (Å²) in [6.45, 7) is 5.71. The number of hydrogen-bond donors (Lipinski definition) is 3. The Labute approximate surface area is 461 Å². The van der Waals surface area contributed by atoms with Crippen molar-refractivity contribution >= 4 is 67.9 Å². The van der Waals surface area contributed by atoms with Crippen molar-refractivity contribution < 1.29 is 43.0 Å². The van der Waals surface area contributed by atoms with E-state index in [0.29, 0.717) is 59.5 Å². The zero-order chi connectivity index (χ0) is 54.2. The molecule has 4 bridgehead atoms. The molecular weight excluding hydrogens is 1020 g/mol. The normalized spacial score (nSPS) is 21.9. The lowest BCUT2D eigenvalue weighted by Crippen LogP contribution is -2.54. The topological polar surface area (TPSA) is 216 Å². The molecule has 5 fully saturated rings. The van der Waals surface area contributed by atoms with E-state index in [-0.39, 0.29) is 80.8 Å². The molecule has 6 amide bonds. The fraction of sp³-hybridized carbons (Fsp3) is 0.417. The Bertz CT molecular complexity index is 3420. The summed E-state index contributed by atoms with van der Waals surface area (Å²) in [6.07, 6.45) is 10.6. The van der Waals surface area contributed by atoms with Crippen LogP contribution in [-0.4, -0.2) is 119 Å². The van der Waals surface area contributed by atoms with Gasteiger partial charge in [-0.05, 0) is 135 Å². The number of aromatic nitrogens is 4. The van der Waals surface area contributed by atoms with Crippen LogP contribution in [0.5, 0.6) is 0 Å². The van der Waals surface area contributed by atoms with Crippen molar-refractivity contribution in [3.63, 3.8) is 0 Å². The van der Waals surface area contributed by atoms with Gasteiger partial charge in [0.15, 0.2) is 5.13 Å². The molecule has 79 heavy (non-hydrogen) atoms. The smallest absolute Gasteiger partial charge is 0.270 e. The van der Waals surface area contributed by atoms with Gasteiger partial charge in [0.25, 0.3) is 23.6 Å². The fourth-order valence-corrected chi connectivity index (χ4v) is 14.3. The largest absolute Gasteiger partial charge is 0.377 e. The van der Waals surface area contributed by atoms with Gasteiger partial charge >= 0.3 is 0 Å². The van der Waals surface area contributed by atoms with E-state index < -0.39 is 29.7 Å². The molecule has 13 rings (SSSR count). The number of hydrogen-bond acceptors (Lipinski definition) is 14. The minimum absolute atomic E-state index is 0.0355. The maximum atomic E-state index is 14.4. The van der Waals surface area contributed by atoms with E-state index in [2.05, 4.69) is 55.3 Å². The number of nitrogens with one attached hydrogen (secondary N) is 3. The van der Waals surface area contributed by atoms with E-state index in [0.717, 1.165) is 61.8 Å². The number of pyridine rings is 1. The summed E-state index contributed by atoms with van der Waals surface area (Å²) in [6, 6.07) is 21.3. The summed E-state index contributed by atoms with van der Waals surface area (Å²) in [7, 11) is 0. The first kappa shape index (κ1) is 52.1. The number of amides is 6. The third kappa shape index (κ3) is 10.7. The third-order valence-corrected chi connectivity index (χ3v) is 17.6. The van der Waals surface area contributed by atoms with Crippen LogP contribution in [0.25, 0.3) is 21.3 Å². The molecule has 3 N–H and O–H groups in total. The Morgan fingerprint density at radius 3 is 2.34 bits per heavy atom. The number of anilines is 2. The van der Waals surface area contributed by atoms with Gasteiger partial charge in [0.1, 0.15) is 24.2 Å². The lowest BCUT2D eigenvalue weighted by molar-refractivity contribution is -0.136. The first-order valence-corrected chi connectivity index (χ1v) is 28.2. The predicted octanol–water partition coefficient (Wildman–Crippen LogP) is 7.13. The number of fused-ring (bicyclic) bond motifs is 3. The number of imide groups is 2.